The summed E-state index contributed by atoms with van der Waals surface area (Å²) >= 11 is 0. The van der Waals surface area contributed by atoms with Gasteiger partial charge in [-0.3, -0.25) is 5.43 Å². The zero-order chi connectivity index (χ0) is 7.56. The van der Waals surface area contributed by atoms with Crippen molar-refractivity contribution in [3.63, 3.8) is 0 Å². The molecule has 0 aromatic heterocycles. The van der Waals surface area contributed by atoms with E-state index in [4.69, 9.17) is 0 Å². The number of hydrogen-bond donors (Lipinski definition) is 1. The molecule has 0 amide bonds. The lowest BCUT2D eigenvalue weighted by Crippen LogP contribution is -2.38. The van der Waals surface area contributed by atoms with Gasteiger partial charge in [-0.15, -0.1) is 0 Å². The SMILES string of the molecule is CCCN(NC)[C@H]1C[C@H]1C. The third-order valence-electron chi connectivity index (χ3n) is 2.22. The van der Waals surface area contributed by atoms with Gasteiger partial charge in [-0.2, -0.15) is 0 Å². The molecule has 1 N–H and O–H groups in total. The van der Waals surface area contributed by atoms with Gasteiger partial charge in [0.15, 0.2) is 0 Å². The maximum absolute atomic E-state index is 3.23. The first kappa shape index (κ1) is 8.02. The van der Waals surface area contributed by atoms with E-state index in [1.54, 1.807) is 0 Å². The summed E-state index contributed by atoms with van der Waals surface area (Å²) < 4.78 is 0. The molecule has 0 aromatic carbocycles. The molecule has 1 saturated carbocycles. The first-order chi connectivity index (χ1) is 4.79. The van der Waals surface area contributed by atoms with Crippen molar-refractivity contribution in [2.45, 2.75) is 32.7 Å². The van der Waals surface area contributed by atoms with Gasteiger partial charge in [0.1, 0.15) is 0 Å². The van der Waals surface area contributed by atoms with E-state index in [2.05, 4.69) is 24.3 Å². The van der Waals surface area contributed by atoms with Crippen LogP contribution in [0.5, 0.6) is 0 Å². The molecule has 1 aliphatic carbocycles. The van der Waals surface area contributed by atoms with E-state index in [0.717, 1.165) is 12.0 Å². The Morgan fingerprint density at radius 3 is 2.50 bits per heavy atom. The fourth-order valence-electron chi connectivity index (χ4n) is 1.42. The van der Waals surface area contributed by atoms with Crippen molar-refractivity contribution in [1.82, 2.24) is 10.4 Å². The van der Waals surface area contributed by atoms with Gasteiger partial charge in [-0.1, -0.05) is 13.8 Å². The van der Waals surface area contributed by atoms with Crippen molar-refractivity contribution in [2.75, 3.05) is 13.6 Å². The fraction of sp³-hybridized carbons (Fsp3) is 1.00. The molecule has 1 fully saturated rings. The summed E-state index contributed by atoms with van der Waals surface area (Å²) in [6.45, 7) is 5.72. The molecule has 0 spiro atoms. The van der Waals surface area contributed by atoms with Crippen molar-refractivity contribution in [3.05, 3.63) is 0 Å². The smallest absolute Gasteiger partial charge is 0.0272 e. The Kier molecular flexibility index (Phi) is 2.69. The summed E-state index contributed by atoms with van der Waals surface area (Å²) in [6.07, 6.45) is 2.62. The maximum Gasteiger partial charge on any atom is 0.0272 e. The highest BCUT2D eigenvalue weighted by Crippen LogP contribution is 2.33. The van der Waals surface area contributed by atoms with Crippen molar-refractivity contribution >= 4 is 0 Å². The Morgan fingerprint density at radius 2 is 2.20 bits per heavy atom. The Hall–Kier alpha value is -0.0800. The molecule has 0 bridgehead atoms. The van der Waals surface area contributed by atoms with E-state index in [-0.39, 0.29) is 0 Å². The lowest BCUT2D eigenvalue weighted by molar-refractivity contribution is 0.189. The van der Waals surface area contributed by atoms with Gasteiger partial charge in [-0.25, -0.2) is 5.01 Å². The van der Waals surface area contributed by atoms with Crippen LogP contribution in [0.15, 0.2) is 0 Å². The van der Waals surface area contributed by atoms with Gasteiger partial charge < -0.3 is 0 Å². The Morgan fingerprint density at radius 1 is 1.60 bits per heavy atom. The number of hydrazine groups is 1. The minimum Gasteiger partial charge on any atom is -0.258 e. The highest BCUT2D eigenvalue weighted by molar-refractivity contribution is 4.89. The zero-order valence-corrected chi connectivity index (χ0v) is 7.22. The molecule has 2 nitrogen and oxygen atoms in total. The highest BCUT2D eigenvalue weighted by atomic mass is 15.5. The highest BCUT2D eigenvalue weighted by Gasteiger charge is 2.36. The van der Waals surface area contributed by atoms with Crippen LogP contribution in [-0.2, 0) is 0 Å². The Balaban J connectivity index is 2.20. The minimum atomic E-state index is 0.824. The molecule has 0 saturated heterocycles. The second-order valence-electron chi connectivity index (χ2n) is 3.20. The lowest BCUT2D eigenvalue weighted by atomic mass is 10.4. The number of nitrogens with zero attached hydrogens (tertiary/aromatic N) is 1. The standard InChI is InChI=1S/C8H18N2/c1-4-5-10(9-3)8-6-7(8)2/h7-9H,4-6H2,1-3H3/t7-,8+/m1/s1. The topological polar surface area (TPSA) is 15.3 Å². The predicted octanol–water partition coefficient (Wildman–Crippen LogP) is 1.24. The molecule has 2 atom stereocenters. The summed E-state index contributed by atoms with van der Waals surface area (Å²) in [6, 6.07) is 0.824. The summed E-state index contributed by atoms with van der Waals surface area (Å²) in [5, 5.41) is 2.35. The van der Waals surface area contributed by atoms with E-state index in [9.17, 15) is 0 Å². The second kappa shape index (κ2) is 3.35. The third-order valence-corrected chi connectivity index (χ3v) is 2.22. The Bertz CT molecular complexity index is 103. The van der Waals surface area contributed by atoms with Gasteiger partial charge in [0, 0.05) is 12.6 Å². The Labute approximate surface area is 63.6 Å². The molecule has 1 rings (SSSR count). The van der Waals surface area contributed by atoms with Crippen LogP contribution in [0.25, 0.3) is 0 Å². The molecule has 0 aromatic rings. The van der Waals surface area contributed by atoms with Crippen LogP contribution in [0, 0.1) is 5.92 Å². The van der Waals surface area contributed by atoms with E-state index < -0.39 is 0 Å². The molecule has 1 aliphatic rings. The third kappa shape index (κ3) is 1.70. The van der Waals surface area contributed by atoms with Crippen molar-refractivity contribution in [2.24, 2.45) is 5.92 Å². The first-order valence-electron chi connectivity index (χ1n) is 4.23. The van der Waals surface area contributed by atoms with Crippen LogP contribution in [0.3, 0.4) is 0 Å². The van der Waals surface area contributed by atoms with Crippen LogP contribution in [0.2, 0.25) is 0 Å². The molecule has 0 aliphatic heterocycles. The summed E-state index contributed by atoms with van der Waals surface area (Å²) in [7, 11) is 2.01. The average molecular weight is 142 g/mol. The van der Waals surface area contributed by atoms with Gasteiger partial charge in [0.2, 0.25) is 0 Å². The maximum atomic E-state index is 3.23. The van der Waals surface area contributed by atoms with Crippen LogP contribution < -0.4 is 5.43 Å². The van der Waals surface area contributed by atoms with Crippen LogP contribution in [-0.4, -0.2) is 24.6 Å². The van der Waals surface area contributed by atoms with Crippen molar-refractivity contribution in [3.8, 4) is 0 Å². The summed E-state index contributed by atoms with van der Waals surface area (Å²) in [4.78, 5) is 0. The minimum absolute atomic E-state index is 0.824. The summed E-state index contributed by atoms with van der Waals surface area (Å²) in [5.41, 5.74) is 3.23. The molecule has 0 radical (unpaired) electrons. The molecule has 0 unspecified atom stereocenters. The van der Waals surface area contributed by atoms with Gasteiger partial charge in [0.25, 0.3) is 0 Å². The lowest BCUT2D eigenvalue weighted by Gasteiger charge is -2.19. The molecule has 10 heavy (non-hydrogen) atoms. The van der Waals surface area contributed by atoms with Gasteiger partial charge >= 0.3 is 0 Å². The van der Waals surface area contributed by atoms with E-state index >= 15 is 0 Å². The normalized spacial score (nSPS) is 31.2. The average Bonchev–Trinajstić information content (AvgIpc) is 2.62. The number of nitrogens with one attached hydrogen (secondary N) is 1. The largest absolute Gasteiger partial charge is 0.258 e. The molecular weight excluding hydrogens is 124 g/mol. The monoisotopic (exact) mass is 142 g/mol. The van der Waals surface area contributed by atoms with Gasteiger partial charge in [-0.05, 0) is 25.8 Å². The quantitative estimate of drug-likeness (QED) is 0.594. The molecule has 60 valence electrons. The molecule has 2 heteroatoms. The van der Waals surface area contributed by atoms with Crippen LogP contribution in [0.1, 0.15) is 26.7 Å². The van der Waals surface area contributed by atoms with Crippen molar-refractivity contribution in [1.29, 1.82) is 0 Å². The van der Waals surface area contributed by atoms with Crippen LogP contribution >= 0.6 is 0 Å². The second-order valence-corrected chi connectivity index (χ2v) is 3.20. The van der Waals surface area contributed by atoms with Crippen molar-refractivity contribution < 1.29 is 0 Å². The first-order valence-corrected chi connectivity index (χ1v) is 4.23. The summed E-state index contributed by atoms with van der Waals surface area (Å²) in [5.74, 6) is 0.916. The molecular formula is C8H18N2. The van der Waals surface area contributed by atoms with Crippen LogP contribution in [0.4, 0.5) is 0 Å². The zero-order valence-electron chi connectivity index (χ0n) is 7.22. The van der Waals surface area contributed by atoms with E-state index in [1.807, 2.05) is 7.05 Å². The number of hydrogen-bond acceptors (Lipinski definition) is 2. The van der Waals surface area contributed by atoms with E-state index in [0.29, 0.717) is 0 Å². The molecule has 0 heterocycles. The van der Waals surface area contributed by atoms with Gasteiger partial charge in [0.05, 0.1) is 0 Å². The number of rotatable bonds is 4. The fourth-order valence-corrected chi connectivity index (χ4v) is 1.42. The predicted molar refractivity (Wildman–Crippen MR) is 43.6 cm³/mol. The van der Waals surface area contributed by atoms with E-state index in [1.165, 1.54) is 19.4 Å².